The summed E-state index contributed by atoms with van der Waals surface area (Å²) in [5.74, 6) is -0.739. The Bertz CT molecular complexity index is 1440. The fraction of sp³-hybridized carbons (Fsp3) is 0.375. The summed E-state index contributed by atoms with van der Waals surface area (Å²) >= 11 is 6.09. The molecule has 0 aliphatic heterocycles. The van der Waals surface area contributed by atoms with Crippen molar-refractivity contribution in [2.45, 2.75) is 71.4 Å². The Morgan fingerprint density at radius 2 is 1.54 bits per heavy atom. The van der Waals surface area contributed by atoms with Gasteiger partial charge in [-0.3, -0.25) is 13.9 Å². The molecule has 7 nitrogen and oxygen atoms in total. The van der Waals surface area contributed by atoms with Crippen LogP contribution in [-0.4, -0.2) is 44.3 Å². The molecule has 0 spiro atoms. The van der Waals surface area contributed by atoms with Gasteiger partial charge in [-0.15, -0.1) is 0 Å². The molecule has 0 saturated carbocycles. The van der Waals surface area contributed by atoms with E-state index in [2.05, 4.69) is 5.32 Å². The van der Waals surface area contributed by atoms with E-state index >= 15 is 0 Å². The molecule has 2 amide bonds. The summed E-state index contributed by atoms with van der Waals surface area (Å²) in [4.78, 5) is 29.0. The van der Waals surface area contributed by atoms with Crippen molar-refractivity contribution in [2.24, 2.45) is 0 Å². The van der Waals surface area contributed by atoms with Crippen LogP contribution in [0.15, 0.2) is 71.6 Å². The highest BCUT2D eigenvalue weighted by atomic mass is 35.5. The maximum atomic E-state index is 14.2. The molecule has 0 aromatic heterocycles. The number of hydrogen-bond donors (Lipinski definition) is 1. The number of aryl methyl sites for hydroxylation is 3. The van der Waals surface area contributed by atoms with Crippen molar-refractivity contribution in [2.75, 3.05) is 17.4 Å². The van der Waals surface area contributed by atoms with Crippen molar-refractivity contribution in [3.8, 4) is 0 Å². The molecule has 0 saturated heterocycles. The van der Waals surface area contributed by atoms with Gasteiger partial charge < -0.3 is 10.2 Å². The molecular formula is C32H40ClN3O4S. The van der Waals surface area contributed by atoms with Crippen molar-refractivity contribution in [3.63, 3.8) is 0 Å². The fourth-order valence-corrected chi connectivity index (χ4v) is 6.15. The molecule has 220 valence electrons. The SMILES string of the molecule is CCCCNC(=O)C(CC)N(Cc1ccc(Cl)cc1)C(=O)CN(c1cc(C)ccc1C)S(=O)(=O)c1ccc(C)cc1. The normalized spacial score (nSPS) is 12.0. The second-order valence-electron chi connectivity index (χ2n) is 10.3. The van der Waals surface area contributed by atoms with Gasteiger partial charge in [-0.2, -0.15) is 0 Å². The van der Waals surface area contributed by atoms with Crippen LogP contribution in [0.3, 0.4) is 0 Å². The number of nitrogens with one attached hydrogen (secondary N) is 1. The van der Waals surface area contributed by atoms with E-state index in [0.717, 1.165) is 29.5 Å². The van der Waals surface area contributed by atoms with E-state index in [0.29, 0.717) is 29.2 Å². The second kappa shape index (κ2) is 14.5. The molecule has 1 atom stereocenters. The van der Waals surface area contributed by atoms with Crippen LogP contribution < -0.4 is 9.62 Å². The first-order valence-corrected chi connectivity index (χ1v) is 15.8. The van der Waals surface area contributed by atoms with E-state index in [9.17, 15) is 18.0 Å². The van der Waals surface area contributed by atoms with Crippen LogP contribution >= 0.6 is 11.6 Å². The molecule has 0 heterocycles. The minimum atomic E-state index is -4.12. The summed E-state index contributed by atoms with van der Waals surface area (Å²) in [6.07, 6.45) is 2.11. The zero-order valence-corrected chi connectivity index (χ0v) is 26.1. The van der Waals surface area contributed by atoms with Crippen LogP contribution in [0.1, 0.15) is 55.4 Å². The molecule has 0 radical (unpaired) electrons. The number of hydrogen-bond acceptors (Lipinski definition) is 4. The van der Waals surface area contributed by atoms with Crippen molar-refractivity contribution in [1.29, 1.82) is 0 Å². The number of sulfonamides is 1. The minimum absolute atomic E-state index is 0.0883. The molecule has 0 aliphatic rings. The highest BCUT2D eigenvalue weighted by Crippen LogP contribution is 2.29. The van der Waals surface area contributed by atoms with Crippen LogP contribution in [0.2, 0.25) is 5.02 Å². The molecule has 1 N–H and O–H groups in total. The molecule has 0 fully saturated rings. The molecule has 0 aliphatic carbocycles. The van der Waals surface area contributed by atoms with Crippen molar-refractivity contribution in [1.82, 2.24) is 10.2 Å². The number of nitrogens with zero attached hydrogens (tertiary/aromatic N) is 2. The molecule has 0 bridgehead atoms. The van der Waals surface area contributed by atoms with Gasteiger partial charge in [0, 0.05) is 18.1 Å². The monoisotopic (exact) mass is 597 g/mol. The summed E-state index contributed by atoms with van der Waals surface area (Å²) in [5.41, 5.74) is 3.70. The van der Waals surface area contributed by atoms with Gasteiger partial charge in [0.15, 0.2) is 0 Å². The van der Waals surface area contributed by atoms with Crippen LogP contribution in [0.25, 0.3) is 0 Å². The summed E-state index contributed by atoms with van der Waals surface area (Å²) in [6, 6.07) is 18.4. The van der Waals surface area contributed by atoms with Crippen LogP contribution in [0.4, 0.5) is 5.69 Å². The van der Waals surface area contributed by atoms with E-state index in [1.54, 1.807) is 54.6 Å². The number of anilines is 1. The molecular weight excluding hydrogens is 558 g/mol. The van der Waals surface area contributed by atoms with E-state index < -0.39 is 28.5 Å². The maximum Gasteiger partial charge on any atom is 0.264 e. The second-order valence-corrected chi connectivity index (χ2v) is 12.6. The third-order valence-electron chi connectivity index (χ3n) is 7.00. The molecule has 9 heteroatoms. The van der Waals surface area contributed by atoms with Crippen LogP contribution in [-0.2, 0) is 26.2 Å². The fourth-order valence-electron chi connectivity index (χ4n) is 4.55. The number of carbonyl (C=O) groups excluding carboxylic acids is 2. The lowest BCUT2D eigenvalue weighted by atomic mass is 10.1. The Balaban J connectivity index is 2.07. The van der Waals surface area contributed by atoms with Gasteiger partial charge in [0.25, 0.3) is 10.0 Å². The quantitative estimate of drug-likeness (QED) is 0.238. The number of carbonyl (C=O) groups is 2. The third kappa shape index (κ3) is 8.33. The van der Waals surface area contributed by atoms with Gasteiger partial charge in [-0.05, 0) is 80.6 Å². The number of rotatable bonds is 13. The Kier molecular flexibility index (Phi) is 11.4. The van der Waals surface area contributed by atoms with Crippen molar-refractivity contribution in [3.05, 3.63) is 94.0 Å². The lowest BCUT2D eigenvalue weighted by molar-refractivity contribution is -0.140. The summed E-state index contributed by atoms with van der Waals surface area (Å²) in [5, 5.41) is 3.50. The zero-order valence-electron chi connectivity index (χ0n) is 24.5. The van der Waals surface area contributed by atoms with Gasteiger partial charge in [-0.25, -0.2) is 8.42 Å². The van der Waals surface area contributed by atoms with E-state index in [1.807, 2.05) is 46.8 Å². The Labute approximate surface area is 249 Å². The van der Waals surface area contributed by atoms with Crippen LogP contribution in [0, 0.1) is 20.8 Å². The molecule has 3 rings (SSSR count). The predicted molar refractivity (Wildman–Crippen MR) is 166 cm³/mol. The van der Waals surface area contributed by atoms with E-state index in [4.69, 9.17) is 11.6 Å². The first kappa shape index (κ1) is 32.2. The third-order valence-corrected chi connectivity index (χ3v) is 9.03. The Hall–Kier alpha value is -3.36. The standard InChI is InChI=1S/C32H40ClN3O4S/c1-6-8-19-34-32(38)29(7-2)35(21-26-13-15-27(33)16-14-26)31(37)22-36(30-20-24(4)9-12-25(30)5)41(39,40)28-17-10-23(3)11-18-28/h9-18,20,29H,6-8,19,21-22H2,1-5H3,(H,34,38). The van der Waals surface area contributed by atoms with Crippen LogP contribution in [0.5, 0.6) is 0 Å². The topological polar surface area (TPSA) is 86.8 Å². The maximum absolute atomic E-state index is 14.2. The average molecular weight is 598 g/mol. The predicted octanol–water partition coefficient (Wildman–Crippen LogP) is 6.18. The smallest absolute Gasteiger partial charge is 0.264 e. The zero-order chi connectivity index (χ0) is 30.2. The number of unbranched alkanes of at least 4 members (excludes halogenated alkanes) is 1. The summed E-state index contributed by atoms with van der Waals surface area (Å²) in [7, 11) is -4.12. The largest absolute Gasteiger partial charge is 0.354 e. The highest BCUT2D eigenvalue weighted by Gasteiger charge is 2.34. The summed E-state index contributed by atoms with van der Waals surface area (Å²) in [6.45, 7) is 9.63. The molecule has 3 aromatic carbocycles. The van der Waals surface area contributed by atoms with Gasteiger partial charge in [0.2, 0.25) is 11.8 Å². The number of benzene rings is 3. The van der Waals surface area contributed by atoms with Crippen molar-refractivity contribution >= 4 is 39.1 Å². The lowest BCUT2D eigenvalue weighted by Crippen LogP contribution is -2.52. The van der Waals surface area contributed by atoms with E-state index in [1.165, 1.54) is 9.21 Å². The van der Waals surface area contributed by atoms with Crippen molar-refractivity contribution < 1.29 is 18.0 Å². The number of halogens is 1. The first-order chi connectivity index (χ1) is 19.5. The van der Waals surface area contributed by atoms with Gasteiger partial charge >= 0.3 is 0 Å². The molecule has 3 aromatic rings. The minimum Gasteiger partial charge on any atom is -0.354 e. The molecule has 41 heavy (non-hydrogen) atoms. The van der Waals surface area contributed by atoms with Gasteiger partial charge in [0.1, 0.15) is 12.6 Å². The Morgan fingerprint density at radius 3 is 2.15 bits per heavy atom. The van der Waals surface area contributed by atoms with Gasteiger partial charge in [0.05, 0.1) is 10.6 Å². The van der Waals surface area contributed by atoms with E-state index in [-0.39, 0.29) is 17.3 Å². The van der Waals surface area contributed by atoms with Gasteiger partial charge in [-0.1, -0.05) is 73.8 Å². The average Bonchev–Trinajstić information content (AvgIpc) is 2.94. The first-order valence-electron chi connectivity index (χ1n) is 14.0. The molecule has 1 unspecified atom stereocenters. The highest BCUT2D eigenvalue weighted by molar-refractivity contribution is 7.92. The summed E-state index contributed by atoms with van der Waals surface area (Å²) < 4.78 is 29.3. The lowest BCUT2D eigenvalue weighted by Gasteiger charge is -2.33. The number of amides is 2. The Morgan fingerprint density at radius 1 is 0.902 bits per heavy atom.